The Labute approximate surface area is 194 Å². The van der Waals surface area contributed by atoms with Gasteiger partial charge in [-0.2, -0.15) is 39.5 Å². The second-order valence-corrected chi connectivity index (χ2v) is 7.19. The van der Waals surface area contributed by atoms with Gasteiger partial charge in [0, 0.05) is 12.1 Å². The zero-order chi connectivity index (χ0) is 27.1. The topological polar surface area (TPSA) is 90.1 Å². The first-order valence-corrected chi connectivity index (χ1v) is 9.44. The molecule has 3 rings (SSSR count). The molecule has 36 heavy (non-hydrogen) atoms. The van der Waals surface area contributed by atoms with E-state index in [9.17, 15) is 54.4 Å². The van der Waals surface area contributed by atoms with E-state index in [2.05, 4.69) is 10.3 Å². The van der Waals surface area contributed by atoms with Crippen LogP contribution in [-0.2, 0) is 25.1 Å². The first kappa shape index (κ1) is 26.5. The number of hydrogen-bond donors (Lipinski definition) is 1. The molecule has 2 aromatic carbocycles. The molecule has 0 fully saturated rings. The average Bonchev–Trinajstić information content (AvgIpc) is 2.74. The van der Waals surface area contributed by atoms with Crippen LogP contribution in [0.2, 0.25) is 0 Å². The molecule has 0 aliphatic heterocycles. The minimum atomic E-state index is -5.14. The van der Waals surface area contributed by atoms with Gasteiger partial charge < -0.3 is 5.32 Å². The van der Waals surface area contributed by atoms with Gasteiger partial charge in [-0.05, 0) is 29.8 Å². The molecule has 0 saturated carbocycles. The van der Waals surface area contributed by atoms with Gasteiger partial charge in [0.25, 0.3) is 11.2 Å². The van der Waals surface area contributed by atoms with Crippen LogP contribution in [-0.4, -0.2) is 14.5 Å². The van der Waals surface area contributed by atoms with Gasteiger partial charge in [-0.1, -0.05) is 12.1 Å². The summed E-state index contributed by atoms with van der Waals surface area (Å²) in [6, 6.07) is 4.41. The van der Waals surface area contributed by atoms with Gasteiger partial charge in [-0.25, -0.2) is 4.98 Å². The lowest BCUT2D eigenvalue weighted by molar-refractivity contribution is -0.384. The number of hydrogen-bond acceptors (Lipinski definition) is 5. The normalized spacial score (nSPS) is 12.5. The largest absolute Gasteiger partial charge is 0.433 e. The van der Waals surface area contributed by atoms with E-state index in [1.165, 1.54) is 0 Å². The van der Waals surface area contributed by atoms with Crippen LogP contribution in [0.1, 0.15) is 22.4 Å². The summed E-state index contributed by atoms with van der Waals surface area (Å²) >= 11 is 0. The smallest absolute Gasteiger partial charge is 0.320 e. The molecule has 0 unspecified atom stereocenters. The molecule has 0 saturated heterocycles. The molecule has 0 radical (unpaired) electrons. The maximum absolute atomic E-state index is 13.2. The molecule has 0 spiro atoms. The van der Waals surface area contributed by atoms with Crippen LogP contribution in [0.3, 0.4) is 0 Å². The third-order valence-electron chi connectivity index (χ3n) is 4.69. The van der Waals surface area contributed by atoms with E-state index in [4.69, 9.17) is 0 Å². The van der Waals surface area contributed by atoms with Crippen LogP contribution in [0.5, 0.6) is 0 Å². The SMILES string of the molecule is O=c1cc(C(F)(F)F)nc(Nc2ccc(C(F)(F)F)cc2[N+](=O)[O-])n1Cc1ccc(C(F)(F)F)cc1. The lowest BCUT2D eigenvalue weighted by Crippen LogP contribution is -2.27. The van der Waals surface area contributed by atoms with Gasteiger partial charge in [0.1, 0.15) is 5.69 Å². The molecule has 1 aromatic heterocycles. The molecule has 7 nitrogen and oxygen atoms in total. The van der Waals surface area contributed by atoms with Crippen molar-refractivity contribution < 1.29 is 44.4 Å². The molecule has 0 aliphatic carbocycles. The number of halogens is 9. The minimum absolute atomic E-state index is 0.0108. The van der Waals surface area contributed by atoms with Crippen molar-refractivity contribution in [1.29, 1.82) is 0 Å². The quantitative estimate of drug-likeness (QED) is 0.250. The van der Waals surface area contributed by atoms with Crippen LogP contribution in [0.4, 0.5) is 56.8 Å². The summed E-state index contributed by atoms with van der Waals surface area (Å²) in [5, 5.41) is 13.4. The van der Waals surface area contributed by atoms with Gasteiger partial charge in [0.15, 0.2) is 5.69 Å². The molecule has 1 heterocycles. The van der Waals surface area contributed by atoms with Gasteiger partial charge in [0.05, 0.1) is 22.6 Å². The van der Waals surface area contributed by atoms with Crippen molar-refractivity contribution in [3.05, 3.63) is 91.4 Å². The molecular formula is C20H11F9N4O3. The number of nitro benzene ring substituents is 1. The number of anilines is 2. The van der Waals surface area contributed by atoms with Crippen molar-refractivity contribution in [2.24, 2.45) is 0 Å². The number of nitrogens with zero attached hydrogens (tertiary/aromatic N) is 3. The Balaban J connectivity index is 2.11. The van der Waals surface area contributed by atoms with E-state index < -0.39 is 69.7 Å². The van der Waals surface area contributed by atoms with Crippen LogP contribution in [0, 0.1) is 10.1 Å². The number of rotatable bonds is 5. The van der Waals surface area contributed by atoms with Gasteiger partial charge in [0.2, 0.25) is 5.95 Å². The predicted molar refractivity (Wildman–Crippen MR) is 105 cm³/mol. The molecule has 16 heteroatoms. The van der Waals surface area contributed by atoms with E-state index in [0.29, 0.717) is 28.8 Å². The Bertz CT molecular complexity index is 1340. The van der Waals surface area contributed by atoms with Gasteiger partial charge in [-0.15, -0.1) is 0 Å². The fourth-order valence-corrected chi connectivity index (χ4v) is 2.97. The molecule has 0 atom stereocenters. The summed E-state index contributed by atoms with van der Waals surface area (Å²) in [7, 11) is 0. The summed E-state index contributed by atoms with van der Waals surface area (Å²) < 4.78 is 117. The van der Waals surface area contributed by atoms with Crippen LogP contribution >= 0.6 is 0 Å². The van der Waals surface area contributed by atoms with E-state index in [1.54, 1.807) is 0 Å². The summed E-state index contributed by atoms with van der Waals surface area (Å²) in [5.41, 5.74) is -7.40. The highest BCUT2D eigenvalue weighted by molar-refractivity contribution is 5.67. The highest BCUT2D eigenvalue weighted by Crippen LogP contribution is 2.36. The van der Waals surface area contributed by atoms with Crippen molar-refractivity contribution in [3.63, 3.8) is 0 Å². The Morgan fingerprint density at radius 2 is 1.39 bits per heavy atom. The lowest BCUT2D eigenvalue weighted by Gasteiger charge is -2.17. The molecular weight excluding hydrogens is 515 g/mol. The van der Waals surface area contributed by atoms with E-state index in [1.807, 2.05) is 0 Å². The molecule has 1 N–H and O–H groups in total. The van der Waals surface area contributed by atoms with E-state index in [0.717, 1.165) is 12.1 Å². The van der Waals surface area contributed by atoms with E-state index in [-0.39, 0.29) is 17.7 Å². The number of benzene rings is 2. The zero-order valence-corrected chi connectivity index (χ0v) is 17.3. The van der Waals surface area contributed by atoms with Gasteiger partial charge >= 0.3 is 18.5 Å². The van der Waals surface area contributed by atoms with Crippen molar-refractivity contribution >= 4 is 17.3 Å². The highest BCUT2D eigenvalue weighted by Gasteiger charge is 2.36. The van der Waals surface area contributed by atoms with Crippen LogP contribution < -0.4 is 10.9 Å². The first-order chi connectivity index (χ1) is 16.5. The van der Waals surface area contributed by atoms with Crippen LogP contribution in [0.25, 0.3) is 0 Å². The second-order valence-electron chi connectivity index (χ2n) is 7.19. The lowest BCUT2D eigenvalue weighted by atomic mass is 10.1. The van der Waals surface area contributed by atoms with Crippen molar-refractivity contribution in [2.75, 3.05) is 5.32 Å². The summed E-state index contributed by atoms with van der Waals surface area (Å²) in [4.78, 5) is 25.8. The Morgan fingerprint density at radius 3 is 1.89 bits per heavy atom. The molecule has 0 aliphatic rings. The Morgan fingerprint density at radius 1 is 0.833 bits per heavy atom. The third kappa shape index (κ3) is 5.92. The van der Waals surface area contributed by atoms with Crippen molar-refractivity contribution in [3.8, 4) is 0 Å². The minimum Gasteiger partial charge on any atom is -0.320 e. The Kier molecular flexibility index (Phi) is 6.74. The summed E-state index contributed by atoms with van der Waals surface area (Å²) in [5.74, 6) is -0.947. The standard InChI is InChI=1S/C20H11F9N4O3/c21-18(22,23)11-3-1-10(2-4-11)9-32-16(34)8-15(20(27,28)29)31-17(32)30-13-6-5-12(19(24,25)26)7-14(13)33(35)36/h1-8H,9H2,(H,30,31). The maximum atomic E-state index is 13.2. The fourth-order valence-electron chi connectivity index (χ4n) is 2.97. The zero-order valence-electron chi connectivity index (χ0n) is 17.3. The number of nitrogens with one attached hydrogen (secondary N) is 1. The Hall–Kier alpha value is -4.11. The van der Waals surface area contributed by atoms with Crippen molar-refractivity contribution in [1.82, 2.24) is 9.55 Å². The van der Waals surface area contributed by atoms with Gasteiger partial charge in [-0.3, -0.25) is 19.5 Å². The number of aromatic nitrogens is 2. The first-order valence-electron chi connectivity index (χ1n) is 9.44. The highest BCUT2D eigenvalue weighted by atomic mass is 19.4. The second kappa shape index (κ2) is 9.16. The third-order valence-corrected chi connectivity index (χ3v) is 4.69. The monoisotopic (exact) mass is 526 g/mol. The molecule has 192 valence electrons. The molecule has 0 amide bonds. The number of alkyl halides is 9. The average molecular weight is 526 g/mol. The fraction of sp³-hybridized carbons (Fsp3) is 0.200. The van der Waals surface area contributed by atoms with Crippen molar-refractivity contribution in [2.45, 2.75) is 25.1 Å². The summed E-state index contributed by atoms with van der Waals surface area (Å²) in [6.07, 6.45) is -14.8. The number of nitro groups is 1. The predicted octanol–water partition coefficient (Wildman–Crippen LogP) is 6.00. The summed E-state index contributed by atoms with van der Waals surface area (Å²) in [6.45, 7) is -0.626. The molecule has 3 aromatic rings. The maximum Gasteiger partial charge on any atom is 0.433 e. The molecule has 0 bridgehead atoms. The van der Waals surface area contributed by atoms with Crippen LogP contribution in [0.15, 0.2) is 53.3 Å². The van der Waals surface area contributed by atoms with E-state index >= 15 is 0 Å².